The van der Waals surface area contributed by atoms with E-state index in [1.807, 2.05) is 0 Å². The molecule has 2 rings (SSSR count). The Morgan fingerprint density at radius 1 is 1.64 bits per heavy atom. The lowest BCUT2D eigenvalue weighted by Crippen LogP contribution is -2.17. The minimum Gasteiger partial charge on any atom is -0.340 e. The van der Waals surface area contributed by atoms with E-state index in [1.165, 1.54) is 0 Å². The van der Waals surface area contributed by atoms with Crippen LogP contribution in [0.25, 0.3) is 0 Å². The third kappa shape index (κ3) is 1.73. The third-order valence-corrected chi connectivity index (χ3v) is 1.87. The first-order valence-electron chi connectivity index (χ1n) is 4.29. The molecule has 2 heterocycles. The van der Waals surface area contributed by atoms with Gasteiger partial charge < -0.3 is 9.51 Å². The summed E-state index contributed by atoms with van der Waals surface area (Å²) in [4.78, 5) is 17.7. The SMILES string of the molecule is Cc1nc(CCn2cc[nH]c2=O)no1. The normalized spacial score (nSPS) is 10.6. The van der Waals surface area contributed by atoms with Gasteiger partial charge in [-0.1, -0.05) is 5.16 Å². The monoisotopic (exact) mass is 194 g/mol. The molecule has 0 saturated carbocycles. The molecule has 0 fully saturated rings. The van der Waals surface area contributed by atoms with Gasteiger partial charge in [0, 0.05) is 32.3 Å². The zero-order chi connectivity index (χ0) is 9.97. The molecule has 0 spiro atoms. The van der Waals surface area contributed by atoms with Crippen LogP contribution >= 0.6 is 0 Å². The van der Waals surface area contributed by atoms with Crippen LogP contribution in [0.4, 0.5) is 0 Å². The van der Waals surface area contributed by atoms with E-state index in [4.69, 9.17) is 4.52 Å². The lowest BCUT2D eigenvalue weighted by Gasteiger charge is -1.95. The van der Waals surface area contributed by atoms with Gasteiger partial charge >= 0.3 is 5.69 Å². The molecule has 0 atom stereocenters. The summed E-state index contributed by atoms with van der Waals surface area (Å²) in [5, 5.41) is 3.73. The van der Waals surface area contributed by atoms with Crippen molar-refractivity contribution in [1.29, 1.82) is 0 Å². The molecular formula is C8H10N4O2. The molecule has 0 saturated heterocycles. The molecule has 0 amide bonds. The minimum absolute atomic E-state index is 0.120. The minimum atomic E-state index is -0.120. The number of aromatic amines is 1. The van der Waals surface area contributed by atoms with Gasteiger partial charge in [-0.25, -0.2) is 4.79 Å². The molecule has 6 heteroatoms. The maximum absolute atomic E-state index is 11.1. The Morgan fingerprint density at radius 2 is 2.50 bits per heavy atom. The van der Waals surface area contributed by atoms with Crippen molar-refractivity contribution in [3.8, 4) is 0 Å². The lowest BCUT2D eigenvalue weighted by molar-refractivity contribution is 0.386. The highest BCUT2D eigenvalue weighted by Crippen LogP contribution is 1.96. The third-order valence-electron chi connectivity index (χ3n) is 1.87. The fourth-order valence-corrected chi connectivity index (χ4v) is 1.19. The summed E-state index contributed by atoms with van der Waals surface area (Å²) in [5.41, 5.74) is -0.120. The number of imidazole rings is 1. The predicted octanol–water partition coefficient (Wildman–Crippen LogP) is 0.111. The summed E-state index contributed by atoms with van der Waals surface area (Å²) in [6, 6.07) is 0. The predicted molar refractivity (Wildman–Crippen MR) is 47.8 cm³/mol. The molecule has 6 nitrogen and oxygen atoms in total. The van der Waals surface area contributed by atoms with Gasteiger partial charge in [-0.2, -0.15) is 4.98 Å². The van der Waals surface area contributed by atoms with E-state index in [0.29, 0.717) is 24.7 Å². The van der Waals surface area contributed by atoms with Crippen molar-refractivity contribution in [3.05, 3.63) is 34.6 Å². The van der Waals surface area contributed by atoms with Crippen molar-refractivity contribution in [1.82, 2.24) is 19.7 Å². The first kappa shape index (κ1) is 8.74. The van der Waals surface area contributed by atoms with E-state index in [1.54, 1.807) is 23.9 Å². The van der Waals surface area contributed by atoms with Gasteiger partial charge in [-0.05, 0) is 0 Å². The lowest BCUT2D eigenvalue weighted by atomic mass is 10.4. The maximum atomic E-state index is 11.1. The second-order valence-corrected chi connectivity index (χ2v) is 2.94. The molecule has 0 aromatic carbocycles. The summed E-state index contributed by atoms with van der Waals surface area (Å²) in [5.74, 6) is 1.16. The smallest absolute Gasteiger partial charge is 0.325 e. The van der Waals surface area contributed by atoms with Gasteiger partial charge in [0.15, 0.2) is 5.82 Å². The number of rotatable bonds is 3. The van der Waals surface area contributed by atoms with Crippen LogP contribution in [0.1, 0.15) is 11.7 Å². The van der Waals surface area contributed by atoms with E-state index >= 15 is 0 Å². The number of aryl methyl sites for hydroxylation is 3. The standard InChI is InChI=1S/C8H10N4O2/c1-6-10-7(11-14-6)2-4-12-5-3-9-8(12)13/h3,5H,2,4H2,1H3,(H,9,13). The molecule has 0 bridgehead atoms. The molecule has 0 aliphatic carbocycles. The largest absolute Gasteiger partial charge is 0.340 e. The highest BCUT2D eigenvalue weighted by molar-refractivity contribution is 4.85. The zero-order valence-corrected chi connectivity index (χ0v) is 7.73. The number of hydrogen-bond donors (Lipinski definition) is 1. The summed E-state index contributed by atoms with van der Waals surface area (Å²) in [6.07, 6.45) is 3.88. The summed E-state index contributed by atoms with van der Waals surface area (Å²) >= 11 is 0. The van der Waals surface area contributed by atoms with Gasteiger partial charge in [-0.3, -0.25) is 4.57 Å². The van der Waals surface area contributed by atoms with E-state index < -0.39 is 0 Å². The van der Waals surface area contributed by atoms with Crippen LogP contribution in [-0.4, -0.2) is 19.7 Å². The molecular weight excluding hydrogens is 184 g/mol. The van der Waals surface area contributed by atoms with Gasteiger partial charge in [0.1, 0.15) is 0 Å². The van der Waals surface area contributed by atoms with Crippen molar-refractivity contribution in [3.63, 3.8) is 0 Å². The van der Waals surface area contributed by atoms with Crippen LogP contribution in [0.5, 0.6) is 0 Å². The van der Waals surface area contributed by atoms with Crippen LogP contribution in [0.2, 0.25) is 0 Å². The Balaban J connectivity index is 2.01. The first-order chi connectivity index (χ1) is 6.75. The Labute approximate surface area is 79.6 Å². The van der Waals surface area contributed by atoms with Crippen molar-refractivity contribution >= 4 is 0 Å². The topological polar surface area (TPSA) is 76.7 Å². The van der Waals surface area contributed by atoms with Crippen LogP contribution in [-0.2, 0) is 13.0 Å². The number of nitrogens with zero attached hydrogens (tertiary/aromatic N) is 3. The second-order valence-electron chi connectivity index (χ2n) is 2.94. The van der Waals surface area contributed by atoms with Gasteiger partial charge in [0.05, 0.1) is 0 Å². The molecule has 2 aromatic rings. The molecule has 0 unspecified atom stereocenters. The molecule has 1 N–H and O–H groups in total. The molecule has 14 heavy (non-hydrogen) atoms. The van der Waals surface area contributed by atoms with Crippen LogP contribution < -0.4 is 5.69 Å². The highest BCUT2D eigenvalue weighted by Gasteiger charge is 2.03. The maximum Gasteiger partial charge on any atom is 0.325 e. The van der Waals surface area contributed by atoms with Crippen LogP contribution in [0.3, 0.4) is 0 Å². The van der Waals surface area contributed by atoms with E-state index in [9.17, 15) is 4.79 Å². The van der Waals surface area contributed by atoms with Crippen LogP contribution in [0.15, 0.2) is 21.7 Å². The molecule has 0 aliphatic heterocycles. The van der Waals surface area contributed by atoms with Gasteiger partial charge in [0.25, 0.3) is 0 Å². The fraction of sp³-hybridized carbons (Fsp3) is 0.375. The Bertz CT molecular complexity index is 467. The number of H-pyrrole nitrogens is 1. The van der Waals surface area contributed by atoms with Gasteiger partial charge in [-0.15, -0.1) is 0 Å². The molecule has 74 valence electrons. The Hall–Kier alpha value is -1.85. The first-order valence-corrected chi connectivity index (χ1v) is 4.29. The molecule has 2 aromatic heterocycles. The fourth-order valence-electron chi connectivity index (χ4n) is 1.19. The van der Waals surface area contributed by atoms with Gasteiger partial charge in [0.2, 0.25) is 5.89 Å². The summed E-state index contributed by atoms with van der Waals surface area (Å²) in [7, 11) is 0. The summed E-state index contributed by atoms with van der Waals surface area (Å²) < 4.78 is 6.37. The quantitative estimate of drug-likeness (QED) is 0.752. The number of aromatic nitrogens is 4. The van der Waals surface area contributed by atoms with Crippen molar-refractivity contribution in [2.45, 2.75) is 19.9 Å². The Morgan fingerprint density at radius 3 is 3.07 bits per heavy atom. The highest BCUT2D eigenvalue weighted by atomic mass is 16.5. The number of nitrogens with one attached hydrogen (secondary N) is 1. The average molecular weight is 194 g/mol. The van der Waals surface area contributed by atoms with E-state index in [-0.39, 0.29) is 5.69 Å². The van der Waals surface area contributed by atoms with Crippen molar-refractivity contribution in [2.75, 3.05) is 0 Å². The Kier molecular flexibility index (Phi) is 2.18. The van der Waals surface area contributed by atoms with Crippen molar-refractivity contribution < 1.29 is 4.52 Å². The average Bonchev–Trinajstić information content (AvgIpc) is 2.72. The molecule has 0 aliphatic rings. The number of hydrogen-bond acceptors (Lipinski definition) is 4. The molecule has 0 radical (unpaired) electrons. The summed E-state index contributed by atoms with van der Waals surface area (Å²) in [6.45, 7) is 2.29. The van der Waals surface area contributed by atoms with Crippen LogP contribution in [0, 0.1) is 6.92 Å². The second kappa shape index (κ2) is 3.49. The van der Waals surface area contributed by atoms with E-state index in [0.717, 1.165) is 0 Å². The van der Waals surface area contributed by atoms with E-state index in [2.05, 4.69) is 15.1 Å². The zero-order valence-electron chi connectivity index (χ0n) is 7.73. The van der Waals surface area contributed by atoms with Crippen molar-refractivity contribution in [2.24, 2.45) is 0 Å².